The van der Waals surface area contributed by atoms with E-state index in [1.54, 1.807) is 43.4 Å². The number of anilines is 1. The third kappa shape index (κ3) is 5.69. The van der Waals surface area contributed by atoms with Gasteiger partial charge in [-0.15, -0.1) is 0 Å². The fourth-order valence-electron chi connectivity index (χ4n) is 6.11. The molecule has 8 heteroatoms. The van der Waals surface area contributed by atoms with Crippen molar-refractivity contribution in [3.63, 3.8) is 0 Å². The minimum atomic E-state index is -0.160. The summed E-state index contributed by atoms with van der Waals surface area (Å²) >= 11 is 0. The molecule has 2 N–H and O–H groups in total. The number of urea groups is 1. The first kappa shape index (κ1) is 25.4. The molecule has 0 bridgehead atoms. The molecule has 0 aliphatic carbocycles. The number of nitrogens with zero attached hydrogens (tertiary/aromatic N) is 2. The summed E-state index contributed by atoms with van der Waals surface area (Å²) in [6.07, 6.45) is 7.00. The van der Waals surface area contributed by atoms with Gasteiger partial charge in [0.2, 0.25) is 0 Å². The number of fused-ring (bicyclic) bond motifs is 2. The lowest BCUT2D eigenvalue weighted by Gasteiger charge is -2.44. The van der Waals surface area contributed by atoms with Crippen LogP contribution in [0.25, 0.3) is 0 Å². The fraction of sp³-hybridized carbons (Fsp3) is 0.517. The van der Waals surface area contributed by atoms with E-state index in [1.165, 1.54) is 50.8 Å². The van der Waals surface area contributed by atoms with Crippen molar-refractivity contribution in [1.82, 2.24) is 15.1 Å². The Balaban J connectivity index is 1.14. The number of carbonyl (C=O) groups excluding carboxylic acids is 2. The largest absolute Gasteiger partial charge is 0.493 e. The third-order valence-corrected chi connectivity index (χ3v) is 8.16. The smallest absolute Gasteiger partial charge is 0.322 e. The normalized spacial score (nSPS) is 21.4. The highest BCUT2D eigenvalue weighted by Gasteiger charge is 2.33. The van der Waals surface area contributed by atoms with Crippen LogP contribution < -0.4 is 20.1 Å². The van der Waals surface area contributed by atoms with Crippen LogP contribution in [0.15, 0.2) is 36.4 Å². The Hall–Kier alpha value is -3.26. The van der Waals surface area contributed by atoms with Crippen molar-refractivity contribution in [3.8, 4) is 11.5 Å². The van der Waals surface area contributed by atoms with Crippen molar-refractivity contribution in [3.05, 3.63) is 53.1 Å². The first-order valence-electron chi connectivity index (χ1n) is 13.5. The molecule has 2 atom stereocenters. The van der Waals surface area contributed by atoms with Crippen LogP contribution in [0, 0.1) is 5.92 Å². The second-order valence-corrected chi connectivity index (χ2v) is 10.4. The van der Waals surface area contributed by atoms with Gasteiger partial charge in [-0.05, 0) is 98.6 Å². The minimum absolute atomic E-state index is 0.0529. The predicted molar refractivity (Wildman–Crippen MR) is 143 cm³/mol. The molecule has 2 saturated heterocycles. The fourth-order valence-corrected chi connectivity index (χ4v) is 6.11. The highest BCUT2D eigenvalue weighted by atomic mass is 16.5. The Morgan fingerprint density at radius 2 is 1.65 bits per heavy atom. The maximum atomic E-state index is 12.9. The summed E-state index contributed by atoms with van der Waals surface area (Å²) in [6.45, 7) is 4.26. The van der Waals surface area contributed by atoms with Gasteiger partial charge in [0.15, 0.2) is 11.5 Å². The number of methoxy groups -OCH3 is 2. The van der Waals surface area contributed by atoms with Crippen molar-refractivity contribution < 1.29 is 19.1 Å². The summed E-state index contributed by atoms with van der Waals surface area (Å²) in [6, 6.07) is 11.5. The second kappa shape index (κ2) is 11.4. The van der Waals surface area contributed by atoms with Crippen molar-refractivity contribution in [1.29, 1.82) is 0 Å². The summed E-state index contributed by atoms with van der Waals surface area (Å²) in [4.78, 5) is 30.2. The summed E-state index contributed by atoms with van der Waals surface area (Å²) in [5.74, 6) is 1.85. The number of hydrogen-bond acceptors (Lipinski definition) is 5. The van der Waals surface area contributed by atoms with Gasteiger partial charge in [0.05, 0.1) is 14.2 Å². The summed E-state index contributed by atoms with van der Waals surface area (Å²) in [5.41, 5.74) is 3.51. The molecule has 3 heterocycles. The number of hydrogen-bond donors (Lipinski definition) is 2. The molecule has 0 aromatic heterocycles. The summed E-state index contributed by atoms with van der Waals surface area (Å²) < 4.78 is 10.8. The van der Waals surface area contributed by atoms with E-state index in [1.807, 2.05) is 12.1 Å². The van der Waals surface area contributed by atoms with E-state index < -0.39 is 0 Å². The summed E-state index contributed by atoms with van der Waals surface area (Å²) in [5, 5.41) is 6.13. The van der Waals surface area contributed by atoms with Crippen molar-refractivity contribution >= 4 is 17.6 Å². The van der Waals surface area contributed by atoms with Gasteiger partial charge in [-0.1, -0.05) is 6.42 Å². The number of rotatable bonds is 6. The van der Waals surface area contributed by atoms with Crippen LogP contribution in [0.3, 0.4) is 0 Å². The van der Waals surface area contributed by atoms with Gasteiger partial charge in [0, 0.05) is 36.9 Å². The lowest BCUT2D eigenvalue weighted by atomic mass is 9.83. The highest BCUT2D eigenvalue weighted by Crippen LogP contribution is 2.33. The number of carbonyl (C=O) groups is 2. The lowest BCUT2D eigenvalue weighted by molar-refractivity contribution is 0.0575. The number of benzene rings is 2. The monoisotopic (exact) mass is 506 g/mol. The van der Waals surface area contributed by atoms with E-state index in [0.29, 0.717) is 47.8 Å². The first-order valence-corrected chi connectivity index (χ1v) is 13.5. The Labute approximate surface area is 219 Å². The van der Waals surface area contributed by atoms with Crippen LogP contribution in [0.5, 0.6) is 11.5 Å². The zero-order chi connectivity index (χ0) is 25.8. The van der Waals surface area contributed by atoms with E-state index in [0.717, 1.165) is 18.5 Å². The van der Waals surface area contributed by atoms with Gasteiger partial charge < -0.3 is 29.9 Å². The predicted octanol–water partition coefficient (Wildman–Crippen LogP) is 4.29. The number of piperidine rings is 2. The molecule has 8 nitrogen and oxygen atoms in total. The Bertz CT molecular complexity index is 1120. The van der Waals surface area contributed by atoms with Crippen LogP contribution in [0.1, 0.15) is 53.6 Å². The molecule has 37 heavy (non-hydrogen) atoms. The molecule has 3 aliphatic heterocycles. The van der Waals surface area contributed by atoms with Gasteiger partial charge in [0.1, 0.15) is 0 Å². The van der Waals surface area contributed by atoms with Crippen LogP contribution in [0.2, 0.25) is 0 Å². The van der Waals surface area contributed by atoms with Crippen molar-refractivity contribution in [2.24, 2.45) is 5.92 Å². The molecule has 2 aromatic rings. The summed E-state index contributed by atoms with van der Waals surface area (Å²) in [7, 11) is 3.24. The van der Waals surface area contributed by atoms with Crippen LogP contribution in [-0.2, 0) is 13.0 Å². The van der Waals surface area contributed by atoms with Crippen molar-refractivity contribution in [2.75, 3.05) is 45.7 Å². The average Bonchev–Trinajstić information content (AvgIpc) is 2.95. The number of amides is 3. The van der Waals surface area contributed by atoms with E-state index in [-0.39, 0.29) is 11.9 Å². The Kier molecular flexibility index (Phi) is 7.84. The molecule has 0 saturated carbocycles. The molecule has 2 fully saturated rings. The van der Waals surface area contributed by atoms with Gasteiger partial charge in [-0.2, -0.15) is 0 Å². The molecule has 3 amide bonds. The minimum Gasteiger partial charge on any atom is -0.493 e. The topological polar surface area (TPSA) is 83.1 Å². The first-order chi connectivity index (χ1) is 18.1. The highest BCUT2D eigenvalue weighted by molar-refractivity contribution is 5.95. The Morgan fingerprint density at radius 1 is 0.919 bits per heavy atom. The standard InChI is InChI=1S/C29H38N4O4/c1-36-26-16-21-12-15-33(19-23(21)17-27(26)37-2)29(35)31-24-10-8-20(9-11-24)28(34)30-18-22-6-5-14-32-13-4-3-7-25(22)32/h8-11,16-17,22,25H,3-7,12-15,18-19H2,1-2H3,(H,30,34)(H,31,35)/t22-,25+/m0/s1. The zero-order valence-electron chi connectivity index (χ0n) is 21.9. The molecule has 0 unspecified atom stereocenters. The maximum Gasteiger partial charge on any atom is 0.322 e. The van der Waals surface area contributed by atoms with Gasteiger partial charge in [0.25, 0.3) is 5.91 Å². The van der Waals surface area contributed by atoms with Gasteiger partial charge in [-0.25, -0.2) is 4.79 Å². The Morgan fingerprint density at radius 3 is 2.41 bits per heavy atom. The molecule has 5 rings (SSSR count). The van der Waals surface area contributed by atoms with E-state index in [2.05, 4.69) is 15.5 Å². The molecule has 2 aromatic carbocycles. The molecule has 198 valence electrons. The van der Waals surface area contributed by atoms with E-state index in [9.17, 15) is 9.59 Å². The van der Waals surface area contributed by atoms with Crippen LogP contribution in [0.4, 0.5) is 10.5 Å². The lowest BCUT2D eigenvalue weighted by Crippen LogP contribution is -2.51. The van der Waals surface area contributed by atoms with E-state index >= 15 is 0 Å². The second-order valence-electron chi connectivity index (χ2n) is 10.4. The van der Waals surface area contributed by atoms with Crippen molar-refractivity contribution in [2.45, 2.75) is 51.1 Å². The average molecular weight is 507 g/mol. The third-order valence-electron chi connectivity index (χ3n) is 8.16. The van der Waals surface area contributed by atoms with Crippen LogP contribution >= 0.6 is 0 Å². The quantitative estimate of drug-likeness (QED) is 0.611. The van der Waals surface area contributed by atoms with Gasteiger partial charge in [-0.3, -0.25) is 4.79 Å². The van der Waals surface area contributed by atoms with E-state index in [4.69, 9.17) is 9.47 Å². The van der Waals surface area contributed by atoms with Gasteiger partial charge >= 0.3 is 6.03 Å². The molecule has 0 radical (unpaired) electrons. The molecule has 3 aliphatic rings. The maximum absolute atomic E-state index is 12.9. The SMILES string of the molecule is COc1cc2c(cc1OC)CN(C(=O)Nc1ccc(C(=O)NC[C@@H]3CCCN4CCCC[C@H]34)cc1)CC2. The molecular weight excluding hydrogens is 468 g/mol. The molecular formula is C29H38N4O4. The van der Waals surface area contributed by atoms with Crippen LogP contribution in [-0.4, -0.2) is 68.2 Å². The number of ether oxygens (including phenoxy) is 2. The zero-order valence-corrected chi connectivity index (χ0v) is 21.9. The number of nitrogens with one attached hydrogen (secondary N) is 2. The molecule has 0 spiro atoms.